The largest absolute Gasteiger partial charge is 0.444 e. The van der Waals surface area contributed by atoms with Crippen molar-refractivity contribution in [1.82, 2.24) is 15.5 Å². The third kappa shape index (κ3) is 7.77. The molecular weight excluding hydrogens is 336 g/mol. The molecule has 1 heterocycles. The maximum absolute atomic E-state index is 11.9. The van der Waals surface area contributed by atoms with Crippen molar-refractivity contribution in [3.63, 3.8) is 0 Å². The van der Waals surface area contributed by atoms with Crippen LogP contribution in [0.3, 0.4) is 0 Å². The topological polar surface area (TPSA) is 66.0 Å². The summed E-state index contributed by atoms with van der Waals surface area (Å²) in [6.07, 6.45) is -0.323. The predicted octanol–water partition coefficient (Wildman–Crippen LogP) is 3.06. The molecule has 1 aromatic rings. The van der Waals surface area contributed by atoms with Gasteiger partial charge in [-0.1, -0.05) is 19.9 Å². The molecule has 0 aromatic carbocycles. The first-order valence-electron chi connectivity index (χ1n) is 8.48. The van der Waals surface area contributed by atoms with E-state index in [1.807, 2.05) is 20.8 Å². The van der Waals surface area contributed by atoms with E-state index in [-0.39, 0.29) is 11.5 Å². The van der Waals surface area contributed by atoms with E-state index in [0.29, 0.717) is 13.1 Å². The van der Waals surface area contributed by atoms with Crippen LogP contribution in [-0.2, 0) is 10.2 Å². The van der Waals surface area contributed by atoms with Crippen LogP contribution in [0, 0.1) is 0 Å². The SMILES string of the molecule is CN=C(NCCN(C)C(=O)OC(C)(C)C)NCC(C)(C)c1cccs1. The van der Waals surface area contributed by atoms with Gasteiger partial charge >= 0.3 is 6.09 Å². The first-order valence-corrected chi connectivity index (χ1v) is 9.36. The summed E-state index contributed by atoms with van der Waals surface area (Å²) in [5, 5.41) is 8.67. The van der Waals surface area contributed by atoms with Crippen molar-refractivity contribution in [2.45, 2.75) is 45.6 Å². The molecule has 0 spiro atoms. The normalized spacial score (nSPS) is 12.7. The zero-order chi connectivity index (χ0) is 19.1. The van der Waals surface area contributed by atoms with Crippen molar-refractivity contribution in [2.24, 2.45) is 4.99 Å². The molecule has 142 valence electrons. The molecule has 1 aromatic heterocycles. The molecule has 1 amide bonds. The van der Waals surface area contributed by atoms with Gasteiger partial charge in [-0.2, -0.15) is 0 Å². The fourth-order valence-corrected chi connectivity index (χ4v) is 2.90. The van der Waals surface area contributed by atoms with Crippen LogP contribution < -0.4 is 10.6 Å². The molecule has 0 aliphatic carbocycles. The summed E-state index contributed by atoms with van der Waals surface area (Å²) >= 11 is 1.76. The second kappa shape index (κ2) is 9.08. The highest BCUT2D eigenvalue weighted by atomic mass is 32.1. The fraction of sp³-hybridized carbons (Fsp3) is 0.667. The third-order valence-electron chi connectivity index (χ3n) is 3.55. The lowest BCUT2D eigenvalue weighted by Crippen LogP contribution is -2.46. The number of carbonyl (C=O) groups is 1. The number of nitrogens with one attached hydrogen (secondary N) is 2. The van der Waals surface area contributed by atoms with Gasteiger partial charge in [0.15, 0.2) is 5.96 Å². The molecule has 0 saturated heterocycles. The Morgan fingerprint density at radius 2 is 1.96 bits per heavy atom. The first-order chi connectivity index (χ1) is 11.5. The number of rotatable bonds is 6. The summed E-state index contributed by atoms with van der Waals surface area (Å²) in [4.78, 5) is 19.1. The number of carbonyl (C=O) groups excluding carboxylic acids is 1. The summed E-state index contributed by atoms with van der Waals surface area (Å²) in [7, 11) is 3.47. The van der Waals surface area contributed by atoms with Crippen LogP contribution in [0.4, 0.5) is 4.79 Å². The molecule has 1 rings (SSSR count). The van der Waals surface area contributed by atoms with Crippen molar-refractivity contribution in [3.8, 4) is 0 Å². The van der Waals surface area contributed by atoms with Crippen LogP contribution in [0.25, 0.3) is 0 Å². The van der Waals surface area contributed by atoms with E-state index >= 15 is 0 Å². The van der Waals surface area contributed by atoms with Crippen LogP contribution in [0.1, 0.15) is 39.5 Å². The molecule has 0 bridgehead atoms. The number of aliphatic imine (C=N–C) groups is 1. The van der Waals surface area contributed by atoms with E-state index in [1.54, 1.807) is 30.3 Å². The Hall–Kier alpha value is -1.76. The molecule has 0 unspecified atom stereocenters. The predicted molar refractivity (Wildman–Crippen MR) is 106 cm³/mol. The molecule has 0 atom stereocenters. The molecule has 0 saturated carbocycles. The van der Waals surface area contributed by atoms with Crippen molar-refractivity contribution < 1.29 is 9.53 Å². The number of ether oxygens (including phenoxy) is 1. The van der Waals surface area contributed by atoms with Gasteiger partial charge in [-0.3, -0.25) is 4.99 Å². The minimum absolute atomic E-state index is 0.0269. The first kappa shape index (κ1) is 21.3. The second-order valence-corrected chi connectivity index (χ2v) is 8.56. The molecule has 25 heavy (non-hydrogen) atoms. The molecule has 0 aliphatic rings. The van der Waals surface area contributed by atoms with Crippen LogP contribution >= 0.6 is 11.3 Å². The van der Waals surface area contributed by atoms with Gasteiger partial charge in [0, 0.05) is 44.0 Å². The number of nitrogens with zero attached hydrogens (tertiary/aromatic N) is 2. The molecule has 7 heteroatoms. The second-order valence-electron chi connectivity index (χ2n) is 7.62. The van der Waals surface area contributed by atoms with Crippen molar-refractivity contribution in [2.75, 3.05) is 33.7 Å². The standard InChI is InChI=1S/C18H32N4O2S/c1-17(2,3)24-16(23)22(7)11-10-20-15(19-6)21-13-18(4,5)14-9-8-12-25-14/h8-9,12H,10-11,13H2,1-7H3,(H2,19,20,21). The van der Waals surface area contributed by atoms with Gasteiger partial charge in [0.05, 0.1) is 0 Å². The molecule has 2 N–H and O–H groups in total. The van der Waals surface area contributed by atoms with Crippen LogP contribution in [0.2, 0.25) is 0 Å². The highest BCUT2D eigenvalue weighted by Gasteiger charge is 2.22. The molecule has 0 fully saturated rings. The summed E-state index contributed by atoms with van der Waals surface area (Å²) in [6, 6.07) is 4.22. The van der Waals surface area contributed by atoms with Crippen LogP contribution in [0.15, 0.2) is 22.5 Å². The highest BCUT2D eigenvalue weighted by Crippen LogP contribution is 2.26. The Bertz CT molecular complexity index is 562. The number of hydrogen-bond acceptors (Lipinski definition) is 4. The zero-order valence-corrected chi connectivity index (χ0v) is 17.3. The summed E-state index contributed by atoms with van der Waals surface area (Å²) in [5.41, 5.74) is -0.456. The molecular formula is C18H32N4O2S. The average Bonchev–Trinajstić information content (AvgIpc) is 3.03. The molecule has 0 radical (unpaired) electrons. The van der Waals surface area contributed by atoms with Crippen LogP contribution in [0.5, 0.6) is 0 Å². The minimum Gasteiger partial charge on any atom is -0.444 e. The number of likely N-dealkylation sites (N-methyl/N-ethyl adjacent to an activating group) is 1. The summed E-state index contributed by atoms with van der Waals surface area (Å²) in [6.45, 7) is 11.9. The number of hydrogen-bond donors (Lipinski definition) is 2. The Morgan fingerprint density at radius 3 is 2.48 bits per heavy atom. The summed E-state index contributed by atoms with van der Waals surface area (Å²) < 4.78 is 5.33. The van der Waals surface area contributed by atoms with Gasteiger partial charge in [-0.25, -0.2) is 4.79 Å². The maximum atomic E-state index is 11.9. The van der Waals surface area contributed by atoms with Gasteiger partial charge in [-0.05, 0) is 32.2 Å². The third-order valence-corrected chi connectivity index (χ3v) is 4.79. The number of amides is 1. The lowest BCUT2D eigenvalue weighted by Gasteiger charge is -2.26. The fourth-order valence-electron chi connectivity index (χ4n) is 2.05. The van der Waals surface area contributed by atoms with Gasteiger partial charge in [0.1, 0.15) is 5.60 Å². The number of guanidine groups is 1. The van der Waals surface area contributed by atoms with Crippen LogP contribution in [-0.4, -0.2) is 56.3 Å². The summed E-state index contributed by atoms with van der Waals surface area (Å²) in [5.74, 6) is 0.724. The van der Waals surface area contributed by atoms with Gasteiger partial charge < -0.3 is 20.3 Å². The van der Waals surface area contributed by atoms with E-state index in [9.17, 15) is 4.79 Å². The molecule has 0 aliphatic heterocycles. The monoisotopic (exact) mass is 368 g/mol. The Kier molecular flexibility index (Phi) is 7.73. The van der Waals surface area contributed by atoms with E-state index in [4.69, 9.17) is 4.74 Å². The minimum atomic E-state index is -0.482. The number of thiophene rings is 1. The zero-order valence-electron chi connectivity index (χ0n) is 16.5. The van der Waals surface area contributed by atoms with Crippen molar-refractivity contribution >= 4 is 23.4 Å². The van der Waals surface area contributed by atoms with Gasteiger partial charge in [0.25, 0.3) is 0 Å². The quantitative estimate of drug-likeness (QED) is 0.598. The Balaban J connectivity index is 2.39. The van der Waals surface area contributed by atoms with Gasteiger partial charge in [0.2, 0.25) is 0 Å². The molecule has 6 nitrogen and oxygen atoms in total. The maximum Gasteiger partial charge on any atom is 0.410 e. The van der Waals surface area contributed by atoms with E-state index in [0.717, 1.165) is 12.5 Å². The lowest BCUT2D eigenvalue weighted by molar-refractivity contribution is 0.0302. The van der Waals surface area contributed by atoms with Gasteiger partial charge in [-0.15, -0.1) is 11.3 Å². The average molecular weight is 369 g/mol. The van der Waals surface area contributed by atoms with Crippen molar-refractivity contribution in [1.29, 1.82) is 0 Å². The lowest BCUT2D eigenvalue weighted by atomic mass is 9.91. The Labute approximate surface area is 155 Å². The van der Waals surface area contributed by atoms with Crippen molar-refractivity contribution in [3.05, 3.63) is 22.4 Å². The van der Waals surface area contributed by atoms with E-state index < -0.39 is 5.60 Å². The van der Waals surface area contributed by atoms with E-state index in [2.05, 4.69) is 47.0 Å². The Morgan fingerprint density at radius 1 is 1.28 bits per heavy atom. The highest BCUT2D eigenvalue weighted by molar-refractivity contribution is 7.10. The smallest absolute Gasteiger partial charge is 0.410 e. The van der Waals surface area contributed by atoms with E-state index in [1.165, 1.54) is 4.88 Å².